The molecule has 3 aromatic carbocycles. The summed E-state index contributed by atoms with van der Waals surface area (Å²) in [5.41, 5.74) is 4.88. The van der Waals surface area contributed by atoms with Gasteiger partial charge in [-0.15, -0.1) is 0 Å². The average Bonchev–Trinajstić information content (AvgIpc) is 2.78. The first kappa shape index (κ1) is 19.6. The Labute approximate surface area is 174 Å². The summed E-state index contributed by atoms with van der Waals surface area (Å²) < 4.78 is 0. The number of nitrogens with zero attached hydrogens (tertiary/aromatic N) is 1. The molecule has 0 aliphatic carbocycles. The van der Waals surface area contributed by atoms with E-state index in [9.17, 15) is 9.59 Å². The van der Waals surface area contributed by atoms with Gasteiger partial charge in [0.05, 0.1) is 17.1 Å². The SMILES string of the molecule is C[C@@H](NC(=O)CCc1nc2ccccc2[nH]c1=O)c1ccc(-c2ccccc2)cc1. The van der Waals surface area contributed by atoms with Crippen LogP contribution in [-0.4, -0.2) is 15.9 Å². The normalized spacial score (nSPS) is 11.9. The number of hydrogen-bond acceptors (Lipinski definition) is 3. The van der Waals surface area contributed by atoms with Crippen LogP contribution in [0.3, 0.4) is 0 Å². The van der Waals surface area contributed by atoms with Crippen LogP contribution in [0.4, 0.5) is 0 Å². The minimum atomic E-state index is -0.244. The van der Waals surface area contributed by atoms with E-state index < -0.39 is 0 Å². The molecule has 1 atom stereocenters. The molecule has 30 heavy (non-hydrogen) atoms. The van der Waals surface area contributed by atoms with Crippen LogP contribution in [0.25, 0.3) is 22.2 Å². The van der Waals surface area contributed by atoms with Crippen molar-refractivity contribution < 1.29 is 4.79 Å². The summed E-state index contributed by atoms with van der Waals surface area (Å²) >= 11 is 0. The predicted octanol–water partition coefficient (Wildman–Crippen LogP) is 4.40. The highest BCUT2D eigenvalue weighted by molar-refractivity contribution is 5.77. The van der Waals surface area contributed by atoms with E-state index in [1.807, 2.05) is 61.5 Å². The number of rotatable bonds is 6. The van der Waals surface area contributed by atoms with Crippen LogP contribution in [-0.2, 0) is 11.2 Å². The van der Waals surface area contributed by atoms with Crippen LogP contribution in [0.5, 0.6) is 0 Å². The molecule has 0 radical (unpaired) electrons. The summed E-state index contributed by atoms with van der Waals surface area (Å²) in [5, 5.41) is 3.00. The van der Waals surface area contributed by atoms with Gasteiger partial charge in [-0.3, -0.25) is 9.59 Å². The minimum Gasteiger partial charge on any atom is -0.350 e. The number of para-hydroxylation sites is 2. The molecule has 1 aromatic heterocycles. The molecule has 0 unspecified atom stereocenters. The van der Waals surface area contributed by atoms with Gasteiger partial charge in [0, 0.05) is 12.8 Å². The molecule has 1 amide bonds. The van der Waals surface area contributed by atoms with Gasteiger partial charge in [-0.05, 0) is 35.7 Å². The van der Waals surface area contributed by atoms with Crippen LogP contribution < -0.4 is 10.9 Å². The van der Waals surface area contributed by atoms with E-state index in [1.54, 1.807) is 0 Å². The van der Waals surface area contributed by atoms with Crippen LogP contribution in [0.1, 0.15) is 30.6 Å². The third kappa shape index (κ3) is 4.46. The average molecular weight is 397 g/mol. The number of aromatic amines is 1. The Hall–Kier alpha value is -3.73. The van der Waals surface area contributed by atoms with Crippen molar-refractivity contribution in [2.24, 2.45) is 0 Å². The lowest BCUT2D eigenvalue weighted by atomic mass is 10.0. The zero-order valence-electron chi connectivity index (χ0n) is 16.8. The number of benzene rings is 3. The second-order valence-electron chi connectivity index (χ2n) is 7.31. The van der Waals surface area contributed by atoms with Gasteiger partial charge in [-0.2, -0.15) is 0 Å². The molecule has 0 saturated carbocycles. The quantitative estimate of drug-likeness (QED) is 0.506. The number of carbonyl (C=O) groups excluding carboxylic acids is 1. The molecule has 4 aromatic rings. The van der Waals surface area contributed by atoms with Gasteiger partial charge in [0.2, 0.25) is 5.91 Å². The summed E-state index contributed by atoms with van der Waals surface area (Å²) in [4.78, 5) is 31.8. The van der Waals surface area contributed by atoms with Crippen molar-refractivity contribution in [2.75, 3.05) is 0 Å². The molecule has 0 saturated heterocycles. The lowest BCUT2D eigenvalue weighted by Crippen LogP contribution is -2.27. The third-order valence-electron chi connectivity index (χ3n) is 5.15. The first-order valence-corrected chi connectivity index (χ1v) is 10.0. The summed E-state index contributed by atoms with van der Waals surface area (Å²) in [5.74, 6) is -0.107. The summed E-state index contributed by atoms with van der Waals surface area (Å²) in [7, 11) is 0. The van der Waals surface area contributed by atoms with Gasteiger partial charge in [0.1, 0.15) is 5.69 Å². The molecule has 1 heterocycles. The maximum Gasteiger partial charge on any atom is 0.270 e. The molecule has 5 heteroatoms. The Morgan fingerprint density at radius 2 is 1.60 bits per heavy atom. The molecule has 0 aliphatic rings. The Morgan fingerprint density at radius 1 is 0.933 bits per heavy atom. The molecule has 2 N–H and O–H groups in total. The number of nitrogens with one attached hydrogen (secondary N) is 2. The molecular formula is C25H23N3O2. The lowest BCUT2D eigenvalue weighted by molar-refractivity contribution is -0.121. The Morgan fingerprint density at radius 3 is 2.37 bits per heavy atom. The second kappa shape index (κ2) is 8.74. The van der Waals surface area contributed by atoms with Crippen LogP contribution in [0.15, 0.2) is 83.7 Å². The second-order valence-corrected chi connectivity index (χ2v) is 7.31. The molecular weight excluding hydrogens is 374 g/mol. The maximum atomic E-state index is 12.4. The zero-order chi connectivity index (χ0) is 20.9. The number of carbonyl (C=O) groups is 1. The van der Waals surface area contributed by atoms with Gasteiger partial charge >= 0.3 is 0 Å². The molecule has 0 bridgehead atoms. The summed E-state index contributed by atoms with van der Waals surface area (Å²) in [6.45, 7) is 1.95. The summed E-state index contributed by atoms with van der Waals surface area (Å²) in [6.07, 6.45) is 0.506. The van der Waals surface area contributed by atoms with Gasteiger partial charge in [-0.1, -0.05) is 66.7 Å². The highest BCUT2D eigenvalue weighted by atomic mass is 16.1. The zero-order valence-corrected chi connectivity index (χ0v) is 16.8. The van der Waals surface area contributed by atoms with Crippen molar-refractivity contribution in [2.45, 2.75) is 25.8 Å². The van der Waals surface area contributed by atoms with Crippen molar-refractivity contribution in [3.8, 4) is 11.1 Å². The van der Waals surface area contributed by atoms with Gasteiger partial charge in [0.15, 0.2) is 0 Å². The van der Waals surface area contributed by atoms with E-state index >= 15 is 0 Å². The fourth-order valence-corrected chi connectivity index (χ4v) is 3.46. The van der Waals surface area contributed by atoms with E-state index in [0.29, 0.717) is 17.6 Å². The monoisotopic (exact) mass is 397 g/mol. The standard InChI is InChI=1S/C25H23N3O2/c1-17(18-11-13-20(14-12-18)19-7-3-2-4-8-19)26-24(29)16-15-23-25(30)28-22-10-6-5-9-21(22)27-23/h2-14,17H,15-16H2,1H3,(H,26,29)(H,28,30)/t17-/m1/s1. The van der Waals surface area contributed by atoms with E-state index in [1.165, 1.54) is 0 Å². The van der Waals surface area contributed by atoms with Crippen LogP contribution in [0.2, 0.25) is 0 Å². The van der Waals surface area contributed by atoms with E-state index in [0.717, 1.165) is 22.2 Å². The topological polar surface area (TPSA) is 74.8 Å². The Balaban J connectivity index is 1.37. The first-order valence-electron chi connectivity index (χ1n) is 10.0. The van der Waals surface area contributed by atoms with E-state index in [2.05, 4.69) is 39.6 Å². The van der Waals surface area contributed by atoms with Crippen molar-refractivity contribution in [3.05, 3.63) is 100 Å². The van der Waals surface area contributed by atoms with E-state index in [4.69, 9.17) is 0 Å². The largest absolute Gasteiger partial charge is 0.350 e. The van der Waals surface area contributed by atoms with Gasteiger partial charge in [0.25, 0.3) is 5.56 Å². The number of aryl methyl sites for hydroxylation is 1. The van der Waals surface area contributed by atoms with Gasteiger partial charge < -0.3 is 10.3 Å². The smallest absolute Gasteiger partial charge is 0.270 e. The van der Waals surface area contributed by atoms with Crippen molar-refractivity contribution in [1.29, 1.82) is 0 Å². The first-order chi connectivity index (χ1) is 14.6. The Kier molecular flexibility index (Phi) is 5.70. The van der Waals surface area contributed by atoms with Crippen molar-refractivity contribution in [1.82, 2.24) is 15.3 Å². The predicted molar refractivity (Wildman–Crippen MR) is 119 cm³/mol. The van der Waals surface area contributed by atoms with Crippen LogP contribution >= 0.6 is 0 Å². The highest BCUT2D eigenvalue weighted by Gasteiger charge is 2.12. The van der Waals surface area contributed by atoms with E-state index in [-0.39, 0.29) is 23.9 Å². The highest BCUT2D eigenvalue weighted by Crippen LogP contribution is 2.21. The molecule has 0 spiro atoms. The Bertz CT molecular complexity index is 1210. The number of amides is 1. The summed E-state index contributed by atoms with van der Waals surface area (Å²) in [6, 6.07) is 25.6. The fraction of sp³-hybridized carbons (Fsp3) is 0.160. The fourth-order valence-electron chi connectivity index (χ4n) is 3.46. The maximum absolute atomic E-state index is 12.4. The minimum absolute atomic E-state index is 0.107. The molecule has 150 valence electrons. The third-order valence-corrected chi connectivity index (χ3v) is 5.15. The van der Waals surface area contributed by atoms with Gasteiger partial charge in [-0.25, -0.2) is 4.98 Å². The number of fused-ring (bicyclic) bond motifs is 1. The number of aromatic nitrogens is 2. The lowest BCUT2D eigenvalue weighted by Gasteiger charge is -2.15. The molecule has 5 nitrogen and oxygen atoms in total. The van der Waals surface area contributed by atoms with Crippen molar-refractivity contribution in [3.63, 3.8) is 0 Å². The molecule has 0 fully saturated rings. The number of H-pyrrole nitrogens is 1. The van der Waals surface area contributed by atoms with Crippen LogP contribution in [0, 0.1) is 0 Å². The number of hydrogen-bond donors (Lipinski definition) is 2. The molecule has 4 rings (SSSR count). The molecule has 0 aliphatic heterocycles. The van der Waals surface area contributed by atoms with Crippen molar-refractivity contribution >= 4 is 16.9 Å².